The minimum absolute atomic E-state index is 0.481. The lowest BCUT2D eigenvalue weighted by Gasteiger charge is -1.91. The van der Waals surface area contributed by atoms with Crippen LogP contribution in [0.3, 0.4) is 0 Å². The van der Waals surface area contributed by atoms with Gasteiger partial charge in [-0.1, -0.05) is 0 Å². The van der Waals surface area contributed by atoms with Crippen molar-refractivity contribution in [2.24, 2.45) is 14.1 Å². The van der Waals surface area contributed by atoms with Gasteiger partial charge < -0.3 is 0 Å². The Kier molecular flexibility index (Phi) is 4.97. The van der Waals surface area contributed by atoms with Gasteiger partial charge >= 0.3 is 0 Å². The molecule has 1 atom stereocenters. The Bertz CT molecular complexity index is 599. The van der Waals surface area contributed by atoms with E-state index in [0.29, 0.717) is 4.90 Å². The second-order valence-corrected chi connectivity index (χ2v) is 6.79. The first kappa shape index (κ1) is 14.8. The van der Waals surface area contributed by atoms with Gasteiger partial charge in [-0.2, -0.15) is 10.2 Å². The van der Waals surface area contributed by atoms with E-state index in [1.165, 1.54) is 22.0 Å². The molecule has 0 bridgehead atoms. The van der Waals surface area contributed by atoms with Crippen molar-refractivity contribution in [1.29, 1.82) is 4.78 Å². The third-order valence-electron chi connectivity index (χ3n) is 2.05. The van der Waals surface area contributed by atoms with Gasteiger partial charge in [0.05, 0.1) is 27.0 Å². The molecule has 0 saturated carbocycles. The fraction of sp³-hybridized carbons (Fsp3) is 0.400. The predicted octanol–water partition coefficient (Wildman–Crippen LogP) is 1.60. The molecule has 2 heterocycles. The van der Waals surface area contributed by atoms with Crippen molar-refractivity contribution in [2.45, 2.75) is 9.79 Å². The van der Waals surface area contributed by atoms with Crippen LogP contribution in [0.15, 0.2) is 34.6 Å². The van der Waals surface area contributed by atoms with Crippen molar-refractivity contribution in [3.05, 3.63) is 24.8 Å². The van der Waals surface area contributed by atoms with Crippen molar-refractivity contribution in [2.75, 3.05) is 12.5 Å². The second kappa shape index (κ2) is 6.05. The molecule has 18 heavy (non-hydrogen) atoms. The zero-order chi connectivity index (χ0) is 13.8. The van der Waals surface area contributed by atoms with E-state index in [1.807, 2.05) is 25.7 Å². The van der Waals surface area contributed by atoms with Gasteiger partial charge in [-0.3, -0.25) is 9.36 Å². The molecule has 0 fully saturated rings. The van der Waals surface area contributed by atoms with Crippen molar-refractivity contribution in [3.63, 3.8) is 0 Å². The smallest absolute Gasteiger partial charge is 0.0848 e. The number of nitrogens with zero attached hydrogens (tertiary/aromatic N) is 4. The average molecular weight is 287 g/mol. The fourth-order valence-electron chi connectivity index (χ4n) is 1.10. The largest absolute Gasteiger partial charge is 0.275 e. The van der Waals surface area contributed by atoms with Gasteiger partial charge in [-0.05, 0) is 6.26 Å². The van der Waals surface area contributed by atoms with Crippen LogP contribution in [0.25, 0.3) is 0 Å². The van der Waals surface area contributed by atoms with Crippen molar-refractivity contribution >= 4 is 21.5 Å². The predicted molar refractivity (Wildman–Crippen MR) is 73.2 cm³/mol. The Morgan fingerprint density at radius 2 is 1.78 bits per heavy atom. The average Bonchev–Trinajstić information content (AvgIpc) is 2.87. The molecule has 1 N–H and O–H groups in total. The summed E-state index contributed by atoms with van der Waals surface area (Å²) in [5, 5.41) is 7.78. The van der Waals surface area contributed by atoms with E-state index >= 15 is 0 Å². The highest BCUT2D eigenvalue weighted by Gasteiger charge is 2.03. The Morgan fingerprint density at radius 1 is 1.22 bits per heavy atom. The second-order valence-electron chi connectivity index (χ2n) is 3.75. The van der Waals surface area contributed by atoms with E-state index in [-0.39, 0.29) is 0 Å². The number of hydrogen-bond donors (Lipinski definition) is 1. The van der Waals surface area contributed by atoms with Gasteiger partial charge in [0.2, 0.25) is 0 Å². The monoisotopic (exact) mass is 287 g/mol. The van der Waals surface area contributed by atoms with E-state index in [2.05, 4.69) is 10.2 Å². The molecule has 100 valence electrons. The van der Waals surface area contributed by atoms with Gasteiger partial charge in [0.25, 0.3) is 0 Å². The molecule has 6 nitrogen and oxygen atoms in total. The summed E-state index contributed by atoms with van der Waals surface area (Å²) in [5.41, 5.74) is 0. The summed E-state index contributed by atoms with van der Waals surface area (Å²) in [6.07, 6.45) is 10.3. The highest BCUT2D eigenvalue weighted by Crippen LogP contribution is 2.10. The van der Waals surface area contributed by atoms with E-state index in [0.717, 1.165) is 0 Å². The standard InChI is InChI=1S/C5H9N3OS.C5H8N2S/c1-8-4-5(3-7-8)10(2,6)9;1-7-4-5(8-2)3-6-7/h3-4,6H,1-2H3;3-4H,1-2H3. The van der Waals surface area contributed by atoms with Crippen LogP contribution in [-0.2, 0) is 23.8 Å². The van der Waals surface area contributed by atoms with Gasteiger partial charge in [0, 0.05) is 37.6 Å². The van der Waals surface area contributed by atoms with Crippen molar-refractivity contribution < 1.29 is 4.21 Å². The summed E-state index contributed by atoms with van der Waals surface area (Å²) < 4.78 is 21.5. The van der Waals surface area contributed by atoms with Crippen LogP contribution in [-0.4, -0.2) is 36.3 Å². The Morgan fingerprint density at radius 3 is 2.00 bits per heavy atom. The molecule has 0 aromatic carbocycles. The lowest BCUT2D eigenvalue weighted by molar-refractivity contribution is 0.678. The van der Waals surface area contributed by atoms with Gasteiger partial charge in [0.1, 0.15) is 0 Å². The molecule has 0 spiro atoms. The van der Waals surface area contributed by atoms with E-state index < -0.39 is 9.73 Å². The molecule has 1 unspecified atom stereocenters. The molecule has 0 amide bonds. The Labute approximate surface area is 111 Å². The maximum Gasteiger partial charge on any atom is 0.0848 e. The van der Waals surface area contributed by atoms with Crippen LogP contribution in [0.4, 0.5) is 0 Å². The first-order chi connectivity index (χ1) is 8.32. The zero-order valence-corrected chi connectivity index (χ0v) is 12.5. The molecule has 0 aliphatic heterocycles. The third kappa shape index (κ3) is 4.53. The number of thioether (sulfide) groups is 1. The number of aryl methyl sites for hydroxylation is 2. The summed E-state index contributed by atoms with van der Waals surface area (Å²) in [5.74, 6) is 0. The minimum Gasteiger partial charge on any atom is -0.275 e. The maximum absolute atomic E-state index is 11.0. The highest BCUT2D eigenvalue weighted by atomic mass is 32.2. The maximum atomic E-state index is 11.0. The molecule has 2 aromatic rings. The van der Waals surface area contributed by atoms with Crippen LogP contribution >= 0.6 is 11.8 Å². The van der Waals surface area contributed by atoms with Crippen molar-refractivity contribution in [1.82, 2.24) is 19.6 Å². The lowest BCUT2D eigenvalue weighted by Crippen LogP contribution is -1.91. The van der Waals surface area contributed by atoms with Crippen LogP contribution in [0, 0.1) is 4.78 Å². The number of rotatable bonds is 2. The zero-order valence-electron chi connectivity index (χ0n) is 10.8. The topological polar surface area (TPSA) is 76.6 Å². The SMILES string of the molecule is CSc1cnn(C)c1.Cn1cc(S(C)(=N)=O)cn1. The molecule has 2 rings (SSSR count). The molecule has 8 heteroatoms. The number of nitrogens with one attached hydrogen (secondary N) is 1. The summed E-state index contributed by atoms with van der Waals surface area (Å²) in [4.78, 5) is 1.70. The quantitative estimate of drug-likeness (QED) is 0.851. The summed E-state index contributed by atoms with van der Waals surface area (Å²) in [6.45, 7) is 0. The van der Waals surface area contributed by atoms with Crippen LogP contribution < -0.4 is 0 Å². The van der Waals surface area contributed by atoms with Gasteiger partial charge in [-0.25, -0.2) is 8.99 Å². The van der Waals surface area contributed by atoms with E-state index in [9.17, 15) is 4.21 Å². The molecular formula is C10H17N5OS2. The number of aromatic nitrogens is 4. The normalized spacial score (nSPS) is 13.6. The highest BCUT2D eigenvalue weighted by molar-refractivity contribution is 7.98. The molecule has 0 aliphatic carbocycles. The summed E-state index contributed by atoms with van der Waals surface area (Å²) >= 11 is 1.71. The van der Waals surface area contributed by atoms with Crippen LogP contribution in [0.1, 0.15) is 0 Å². The lowest BCUT2D eigenvalue weighted by atomic mass is 10.7. The first-order valence-electron chi connectivity index (χ1n) is 5.08. The van der Waals surface area contributed by atoms with Crippen molar-refractivity contribution in [3.8, 4) is 0 Å². The molecule has 2 aromatic heterocycles. The molecule has 0 aliphatic rings. The van der Waals surface area contributed by atoms with Gasteiger partial charge in [0.15, 0.2) is 0 Å². The van der Waals surface area contributed by atoms with Crippen LogP contribution in [0.5, 0.6) is 0 Å². The van der Waals surface area contributed by atoms with E-state index in [4.69, 9.17) is 4.78 Å². The van der Waals surface area contributed by atoms with E-state index in [1.54, 1.807) is 29.7 Å². The Hall–Kier alpha value is -1.28. The summed E-state index contributed by atoms with van der Waals surface area (Å²) in [7, 11) is 1.08. The Balaban J connectivity index is 0.000000184. The van der Waals surface area contributed by atoms with Crippen LogP contribution in [0.2, 0.25) is 0 Å². The fourth-order valence-corrected chi connectivity index (χ4v) is 2.12. The molecule has 0 saturated heterocycles. The van der Waals surface area contributed by atoms with Gasteiger partial charge in [-0.15, -0.1) is 11.8 Å². The molecular weight excluding hydrogens is 270 g/mol. The first-order valence-corrected chi connectivity index (χ1v) is 8.27. The number of hydrogen-bond acceptors (Lipinski definition) is 5. The molecule has 0 radical (unpaired) electrons. The minimum atomic E-state index is -2.57. The third-order valence-corrected chi connectivity index (χ3v) is 3.84. The summed E-state index contributed by atoms with van der Waals surface area (Å²) in [6, 6.07) is 0.